The monoisotopic (exact) mass is 279 g/mol. The van der Waals surface area contributed by atoms with E-state index in [0.29, 0.717) is 19.6 Å². The third-order valence-electron chi connectivity index (χ3n) is 3.15. The van der Waals surface area contributed by atoms with Gasteiger partial charge in [-0.15, -0.1) is 0 Å². The van der Waals surface area contributed by atoms with Crippen molar-refractivity contribution in [1.29, 1.82) is 0 Å². The minimum Gasteiger partial charge on any atom is -0.396 e. The van der Waals surface area contributed by atoms with Gasteiger partial charge in [-0.05, 0) is 32.8 Å². The molecule has 4 heteroatoms. The summed E-state index contributed by atoms with van der Waals surface area (Å²) in [5, 5.41) is 8.90. The number of carbonyl (C=O) groups is 1. The van der Waals surface area contributed by atoms with E-state index in [1.807, 2.05) is 44.2 Å². The van der Waals surface area contributed by atoms with Crippen molar-refractivity contribution in [2.75, 3.05) is 13.2 Å². The van der Waals surface area contributed by atoms with E-state index in [9.17, 15) is 4.79 Å². The molecule has 0 aromatic heterocycles. The molecular weight excluding hydrogens is 254 g/mol. The van der Waals surface area contributed by atoms with Crippen LogP contribution in [0.1, 0.15) is 32.8 Å². The molecule has 0 aliphatic heterocycles. The Kier molecular flexibility index (Phi) is 7.26. The zero-order valence-corrected chi connectivity index (χ0v) is 12.6. The van der Waals surface area contributed by atoms with Crippen LogP contribution < -0.4 is 0 Å². The van der Waals surface area contributed by atoms with E-state index < -0.39 is 6.10 Å². The Labute approximate surface area is 121 Å². The van der Waals surface area contributed by atoms with E-state index in [1.54, 1.807) is 11.8 Å². The van der Waals surface area contributed by atoms with Crippen LogP contribution in [-0.2, 0) is 16.1 Å². The van der Waals surface area contributed by atoms with Gasteiger partial charge in [0, 0.05) is 19.2 Å². The first-order valence-corrected chi connectivity index (χ1v) is 7.13. The summed E-state index contributed by atoms with van der Waals surface area (Å²) < 4.78 is 5.65. The number of ether oxygens (including phenoxy) is 1. The lowest BCUT2D eigenvalue weighted by molar-refractivity contribution is -0.145. The maximum absolute atomic E-state index is 12.3. The van der Waals surface area contributed by atoms with Gasteiger partial charge < -0.3 is 14.7 Å². The van der Waals surface area contributed by atoms with Crippen molar-refractivity contribution < 1.29 is 14.6 Å². The Balaban J connectivity index is 2.51. The predicted molar refractivity (Wildman–Crippen MR) is 79.2 cm³/mol. The normalized spacial score (nSPS) is 12.4. The molecule has 1 aromatic rings. The standard InChI is InChI=1S/C16H25NO3/c1-13(2)17(10-7-11-18)16(19)14(3)20-12-15-8-5-4-6-9-15/h4-6,8-9,13-14,18H,7,10-12H2,1-3H3. The summed E-state index contributed by atoms with van der Waals surface area (Å²) in [4.78, 5) is 14.1. The van der Waals surface area contributed by atoms with Crippen molar-refractivity contribution in [1.82, 2.24) is 4.90 Å². The molecule has 0 saturated heterocycles. The molecule has 0 fully saturated rings. The van der Waals surface area contributed by atoms with Crippen LogP contribution in [0, 0.1) is 0 Å². The third-order valence-corrected chi connectivity index (χ3v) is 3.15. The van der Waals surface area contributed by atoms with Crippen molar-refractivity contribution in [3.63, 3.8) is 0 Å². The minimum absolute atomic E-state index is 0.0237. The van der Waals surface area contributed by atoms with E-state index in [4.69, 9.17) is 9.84 Å². The number of hydrogen-bond donors (Lipinski definition) is 1. The van der Waals surface area contributed by atoms with Gasteiger partial charge in [0.15, 0.2) is 0 Å². The molecule has 1 N–H and O–H groups in total. The summed E-state index contributed by atoms with van der Waals surface area (Å²) in [5.41, 5.74) is 1.05. The van der Waals surface area contributed by atoms with Gasteiger partial charge in [-0.25, -0.2) is 0 Å². The second-order valence-corrected chi connectivity index (χ2v) is 5.14. The van der Waals surface area contributed by atoms with Gasteiger partial charge >= 0.3 is 0 Å². The average molecular weight is 279 g/mol. The highest BCUT2D eigenvalue weighted by Crippen LogP contribution is 2.09. The molecule has 20 heavy (non-hydrogen) atoms. The fourth-order valence-electron chi connectivity index (χ4n) is 1.96. The lowest BCUT2D eigenvalue weighted by Gasteiger charge is -2.29. The number of hydrogen-bond acceptors (Lipinski definition) is 3. The quantitative estimate of drug-likeness (QED) is 0.793. The van der Waals surface area contributed by atoms with Crippen LogP contribution in [-0.4, -0.2) is 41.2 Å². The molecule has 1 atom stereocenters. The topological polar surface area (TPSA) is 49.8 Å². The second kappa shape index (κ2) is 8.72. The summed E-state index contributed by atoms with van der Waals surface area (Å²) in [7, 11) is 0. The molecule has 0 aliphatic rings. The van der Waals surface area contributed by atoms with E-state index in [1.165, 1.54) is 0 Å². The molecule has 112 valence electrons. The van der Waals surface area contributed by atoms with Gasteiger partial charge in [0.05, 0.1) is 6.61 Å². The third kappa shape index (κ3) is 5.31. The lowest BCUT2D eigenvalue weighted by Crippen LogP contribution is -2.44. The van der Waals surface area contributed by atoms with Crippen molar-refractivity contribution in [3.05, 3.63) is 35.9 Å². The molecule has 1 amide bonds. The highest BCUT2D eigenvalue weighted by molar-refractivity contribution is 5.80. The summed E-state index contributed by atoms with van der Waals surface area (Å²) in [6.07, 6.45) is 0.117. The van der Waals surface area contributed by atoms with Crippen LogP contribution in [0.3, 0.4) is 0 Å². The van der Waals surface area contributed by atoms with Gasteiger partial charge in [0.25, 0.3) is 5.91 Å². The number of benzene rings is 1. The molecule has 0 bridgehead atoms. The maximum atomic E-state index is 12.3. The highest BCUT2D eigenvalue weighted by Gasteiger charge is 2.22. The van der Waals surface area contributed by atoms with Crippen molar-refractivity contribution in [2.45, 2.75) is 45.9 Å². The first kappa shape index (κ1) is 16.7. The number of aliphatic hydroxyl groups is 1. The van der Waals surface area contributed by atoms with Crippen LogP contribution >= 0.6 is 0 Å². The fraction of sp³-hybridized carbons (Fsp3) is 0.562. The second-order valence-electron chi connectivity index (χ2n) is 5.14. The first-order valence-electron chi connectivity index (χ1n) is 7.13. The van der Waals surface area contributed by atoms with E-state index in [2.05, 4.69) is 0 Å². The zero-order chi connectivity index (χ0) is 15.0. The van der Waals surface area contributed by atoms with Crippen LogP contribution in [0.4, 0.5) is 0 Å². The Morgan fingerprint density at radius 1 is 1.25 bits per heavy atom. The van der Waals surface area contributed by atoms with E-state index >= 15 is 0 Å². The summed E-state index contributed by atoms with van der Waals surface area (Å²) in [6.45, 7) is 6.81. The van der Waals surface area contributed by atoms with Gasteiger partial charge in [-0.2, -0.15) is 0 Å². The molecule has 0 saturated carbocycles. The van der Waals surface area contributed by atoms with Gasteiger partial charge in [-0.3, -0.25) is 4.79 Å². The highest BCUT2D eigenvalue weighted by atomic mass is 16.5. The number of carbonyl (C=O) groups excluding carboxylic acids is 1. The average Bonchev–Trinajstić information content (AvgIpc) is 2.45. The number of rotatable bonds is 8. The van der Waals surface area contributed by atoms with E-state index in [0.717, 1.165) is 5.56 Å². The maximum Gasteiger partial charge on any atom is 0.251 e. The Hall–Kier alpha value is -1.39. The molecule has 1 rings (SSSR count). The van der Waals surface area contributed by atoms with Gasteiger partial charge in [-0.1, -0.05) is 30.3 Å². The Bertz CT molecular complexity index is 392. The minimum atomic E-state index is -0.476. The summed E-state index contributed by atoms with van der Waals surface area (Å²) in [5.74, 6) is -0.0237. The SMILES string of the molecule is CC(OCc1ccccc1)C(=O)N(CCCO)C(C)C. The summed E-state index contributed by atoms with van der Waals surface area (Å²) in [6, 6.07) is 9.91. The number of amides is 1. The van der Waals surface area contributed by atoms with Crippen LogP contribution in [0.25, 0.3) is 0 Å². The fourth-order valence-corrected chi connectivity index (χ4v) is 1.96. The molecule has 0 heterocycles. The van der Waals surface area contributed by atoms with Crippen molar-refractivity contribution in [3.8, 4) is 0 Å². The zero-order valence-electron chi connectivity index (χ0n) is 12.6. The Morgan fingerprint density at radius 3 is 2.45 bits per heavy atom. The van der Waals surface area contributed by atoms with Crippen LogP contribution in [0.5, 0.6) is 0 Å². The van der Waals surface area contributed by atoms with Gasteiger partial charge in [0.2, 0.25) is 0 Å². The molecule has 0 aliphatic carbocycles. The molecule has 0 radical (unpaired) electrons. The molecule has 1 unspecified atom stereocenters. The smallest absolute Gasteiger partial charge is 0.251 e. The molecule has 4 nitrogen and oxygen atoms in total. The first-order chi connectivity index (χ1) is 9.56. The van der Waals surface area contributed by atoms with Crippen LogP contribution in [0.2, 0.25) is 0 Å². The molecular formula is C16H25NO3. The lowest BCUT2D eigenvalue weighted by atomic mass is 10.2. The number of aliphatic hydroxyl groups excluding tert-OH is 1. The molecule has 1 aromatic carbocycles. The summed E-state index contributed by atoms with van der Waals surface area (Å²) >= 11 is 0. The van der Waals surface area contributed by atoms with Crippen LogP contribution in [0.15, 0.2) is 30.3 Å². The van der Waals surface area contributed by atoms with E-state index in [-0.39, 0.29) is 18.6 Å². The van der Waals surface area contributed by atoms with Gasteiger partial charge in [0.1, 0.15) is 6.10 Å². The predicted octanol–water partition coefficient (Wildman–Crippen LogP) is 2.21. The molecule has 0 spiro atoms. The van der Waals surface area contributed by atoms with Crippen molar-refractivity contribution >= 4 is 5.91 Å². The largest absolute Gasteiger partial charge is 0.396 e. The van der Waals surface area contributed by atoms with Crippen molar-refractivity contribution in [2.24, 2.45) is 0 Å². The Morgan fingerprint density at radius 2 is 1.90 bits per heavy atom. The number of nitrogens with zero attached hydrogens (tertiary/aromatic N) is 1.